The van der Waals surface area contributed by atoms with E-state index in [-0.39, 0.29) is 24.8 Å². The van der Waals surface area contributed by atoms with Gasteiger partial charge in [0.15, 0.2) is 0 Å². The zero-order chi connectivity index (χ0) is 20.7. The summed E-state index contributed by atoms with van der Waals surface area (Å²) in [5, 5.41) is 2.59. The molecule has 3 N–H and O–H groups in total. The number of hydrogen-bond donors (Lipinski definition) is 2. The van der Waals surface area contributed by atoms with Gasteiger partial charge in [-0.2, -0.15) is 0 Å². The van der Waals surface area contributed by atoms with Crippen LogP contribution in [0, 0.1) is 0 Å². The van der Waals surface area contributed by atoms with Crippen molar-refractivity contribution in [2.75, 3.05) is 38.5 Å². The first-order chi connectivity index (χ1) is 13.2. The molecule has 1 aliphatic rings. The van der Waals surface area contributed by atoms with E-state index in [0.29, 0.717) is 43.9 Å². The fraction of sp³-hybridized carbons (Fsp3) is 0.550. The molecule has 1 fully saturated rings. The van der Waals surface area contributed by atoms with E-state index >= 15 is 0 Å². The van der Waals surface area contributed by atoms with Crippen molar-refractivity contribution in [1.29, 1.82) is 0 Å². The average Bonchev–Trinajstić information content (AvgIpc) is 2.86. The van der Waals surface area contributed by atoms with E-state index in [9.17, 15) is 14.4 Å². The molecule has 1 aliphatic heterocycles. The number of hydrogen-bond acceptors (Lipinski definition) is 5. The number of nitrogen functional groups attached to an aromatic ring is 1. The summed E-state index contributed by atoms with van der Waals surface area (Å²) in [6.07, 6.45) is 0.383. The van der Waals surface area contributed by atoms with Crippen molar-refractivity contribution in [2.45, 2.75) is 39.2 Å². The summed E-state index contributed by atoms with van der Waals surface area (Å²) in [5.74, 6) is -0.0984. The number of carbonyl (C=O) groups excluding carboxylic acids is 3. The fourth-order valence-corrected chi connectivity index (χ4v) is 2.92. The van der Waals surface area contributed by atoms with Crippen LogP contribution in [-0.4, -0.2) is 66.0 Å². The molecule has 0 unspecified atom stereocenters. The van der Waals surface area contributed by atoms with Crippen LogP contribution in [-0.2, 0) is 9.53 Å². The van der Waals surface area contributed by atoms with Crippen LogP contribution in [0.4, 0.5) is 10.5 Å². The Kier molecular flexibility index (Phi) is 7.25. The standard InChI is InChI=1S/C20H30N4O4/c1-20(2,3)28-19(27)22-10-9-17(25)23-11-4-12-24(14-13-23)18(26)15-5-7-16(21)8-6-15/h5-8H,4,9-14,21H2,1-3H3,(H,22,27). The van der Waals surface area contributed by atoms with Crippen LogP contribution in [0.5, 0.6) is 0 Å². The minimum Gasteiger partial charge on any atom is -0.444 e. The number of benzene rings is 1. The Labute approximate surface area is 166 Å². The maximum Gasteiger partial charge on any atom is 0.407 e. The zero-order valence-electron chi connectivity index (χ0n) is 16.9. The van der Waals surface area contributed by atoms with E-state index in [4.69, 9.17) is 10.5 Å². The van der Waals surface area contributed by atoms with Gasteiger partial charge in [-0.25, -0.2) is 4.79 Å². The molecule has 1 aromatic carbocycles. The molecular formula is C20H30N4O4. The van der Waals surface area contributed by atoms with Crippen molar-refractivity contribution in [3.8, 4) is 0 Å². The summed E-state index contributed by atoms with van der Waals surface area (Å²) in [6.45, 7) is 7.73. The van der Waals surface area contributed by atoms with Crippen molar-refractivity contribution >= 4 is 23.6 Å². The van der Waals surface area contributed by atoms with Gasteiger partial charge in [0.05, 0.1) is 0 Å². The highest BCUT2D eigenvalue weighted by molar-refractivity contribution is 5.94. The largest absolute Gasteiger partial charge is 0.444 e. The minimum atomic E-state index is -0.570. The van der Waals surface area contributed by atoms with Gasteiger partial charge in [-0.15, -0.1) is 0 Å². The van der Waals surface area contributed by atoms with Crippen LogP contribution in [0.3, 0.4) is 0 Å². The van der Waals surface area contributed by atoms with Crippen molar-refractivity contribution in [3.63, 3.8) is 0 Å². The molecule has 0 atom stereocenters. The second-order valence-electron chi connectivity index (χ2n) is 7.83. The van der Waals surface area contributed by atoms with Gasteiger partial charge in [0.25, 0.3) is 5.91 Å². The Morgan fingerprint density at radius 1 is 1.04 bits per heavy atom. The topological polar surface area (TPSA) is 105 Å². The number of ether oxygens (including phenoxy) is 1. The molecule has 1 heterocycles. The van der Waals surface area contributed by atoms with E-state index < -0.39 is 11.7 Å². The molecule has 0 spiro atoms. The molecule has 0 bridgehead atoms. The summed E-state index contributed by atoms with van der Waals surface area (Å²) in [5.41, 5.74) is 6.31. The maximum atomic E-state index is 12.6. The number of anilines is 1. The summed E-state index contributed by atoms with van der Waals surface area (Å²) in [6, 6.07) is 6.85. The van der Waals surface area contributed by atoms with Crippen LogP contribution in [0.15, 0.2) is 24.3 Å². The number of nitrogens with two attached hydrogens (primary N) is 1. The van der Waals surface area contributed by atoms with Crippen molar-refractivity contribution in [1.82, 2.24) is 15.1 Å². The second-order valence-corrected chi connectivity index (χ2v) is 7.83. The predicted octanol–water partition coefficient (Wildman–Crippen LogP) is 1.86. The summed E-state index contributed by atoms with van der Waals surface area (Å²) in [7, 11) is 0. The lowest BCUT2D eigenvalue weighted by atomic mass is 10.2. The molecule has 1 saturated heterocycles. The second kappa shape index (κ2) is 9.43. The first-order valence-corrected chi connectivity index (χ1v) is 9.55. The fourth-order valence-electron chi connectivity index (χ4n) is 2.92. The molecule has 154 valence electrons. The Morgan fingerprint density at radius 2 is 1.64 bits per heavy atom. The van der Waals surface area contributed by atoms with Gasteiger partial charge >= 0.3 is 6.09 Å². The van der Waals surface area contributed by atoms with Gasteiger partial charge in [0.2, 0.25) is 5.91 Å². The Balaban J connectivity index is 1.79. The third kappa shape index (κ3) is 6.75. The number of nitrogens with zero attached hydrogens (tertiary/aromatic N) is 2. The predicted molar refractivity (Wildman–Crippen MR) is 107 cm³/mol. The zero-order valence-corrected chi connectivity index (χ0v) is 16.9. The number of carbonyl (C=O) groups is 3. The van der Waals surface area contributed by atoms with Gasteiger partial charge in [-0.1, -0.05) is 0 Å². The third-order valence-electron chi connectivity index (χ3n) is 4.30. The number of rotatable bonds is 4. The van der Waals surface area contributed by atoms with Crippen LogP contribution in [0.2, 0.25) is 0 Å². The molecule has 1 aromatic rings. The Bertz CT molecular complexity index is 697. The molecule has 3 amide bonds. The van der Waals surface area contributed by atoms with E-state index in [1.165, 1.54) is 0 Å². The van der Waals surface area contributed by atoms with E-state index in [1.807, 2.05) is 0 Å². The van der Waals surface area contributed by atoms with Crippen molar-refractivity contribution in [2.24, 2.45) is 0 Å². The first-order valence-electron chi connectivity index (χ1n) is 9.55. The van der Waals surface area contributed by atoms with Crippen LogP contribution < -0.4 is 11.1 Å². The molecule has 8 nitrogen and oxygen atoms in total. The third-order valence-corrected chi connectivity index (χ3v) is 4.30. The van der Waals surface area contributed by atoms with Gasteiger partial charge in [0, 0.05) is 50.4 Å². The molecule has 0 radical (unpaired) electrons. The normalized spacial score (nSPS) is 15.0. The van der Waals surface area contributed by atoms with Crippen LogP contribution in [0.25, 0.3) is 0 Å². The number of nitrogens with one attached hydrogen (secondary N) is 1. The Hall–Kier alpha value is -2.77. The number of alkyl carbamates (subject to hydrolysis) is 1. The summed E-state index contributed by atoms with van der Waals surface area (Å²) in [4.78, 5) is 40.2. The molecular weight excluding hydrogens is 360 g/mol. The smallest absolute Gasteiger partial charge is 0.407 e. The van der Waals surface area contributed by atoms with Crippen LogP contribution in [0.1, 0.15) is 44.0 Å². The lowest BCUT2D eigenvalue weighted by molar-refractivity contribution is -0.130. The molecule has 8 heteroatoms. The van der Waals surface area contributed by atoms with Crippen molar-refractivity contribution < 1.29 is 19.1 Å². The van der Waals surface area contributed by atoms with Gasteiger partial charge in [0.1, 0.15) is 5.60 Å². The molecule has 0 aromatic heterocycles. The number of amides is 3. The molecule has 28 heavy (non-hydrogen) atoms. The average molecular weight is 390 g/mol. The van der Waals surface area contributed by atoms with Gasteiger partial charge in [-0.3, -0.25) is 9.59 Å². The lowest BCUT2D eigenvalue weighted by Crippen LogP contribution is -2.39. The van der Waals surface area contributed by atoms with Gasteiger partial charge in [-0.05, 0) is 51.5 Å². The van der Waals surface area contributed by atoms with Crippen LogP contribution >= 0.6 is 0 Å². The highest BCUT2D eigenvalue weighted by Crippen LogP contribution is 2.12. The molecule has 2 rings (SSSR count). The van der Waals surface area contributed by atoms with E-state index in [0.717, 1.165) is 0 Å². The summed E-state index contributed by atoms with van der Waals surface area (Å²) < 4.78 is 5.15. The molecule has 0 aliphatic carbocycles. The minimum absolute atomic E-state index is 0.0437. The summed E-state index contributed by atoms with van der Waals surface area (Å²) >= 11 is 0. The SMILES string of the molecule is CC(C)(C)OC(=O)NCCC(=O)N1CCCN(C(=O)c2ccc(N)cc2)CC1. The highest BCUT2D eigenvalue weighted by Gasteiger charge is 2.23. The molecule has 0 saturated carbocycles. The van der Waals surface area contributed by atoms with Crippen molar-refractivity contribution in [3.05, 3.63) is 29.8 Å². The maximum absolute atomic E-state index is 12.6. The highest BCUT2D eigenvalue weighted by atomic mass is 16.6. The Morgan fingerprint density at radius 3 is 2.29 bits per heavy atom. The van der Waals surface area contributed by atoms with E-state index in [1.54, 1.807) is 54.8 Å². The first kappa shape index (κ1) is 21.5. The quantitative estimate of drug-likeness (QED) is 0.764. The van der Waals surface area contributed by atoms with E-state index in [2.05, 4.69) is 5.32 Å². The van der Waals surface area contributed by atoms with Gasteiger partial charge < -0.3 is 25.6 Å². The lowest BCUT2D eigenvalue weighted by Gasteiger charge is -2.23. The monoisotopic (exact) mass is 390 g/mol.